The van der Waals surface area contributed by atoms with E-state index in [1.165, 1.54) is 0 Å². The molecule has 0 aromatic carbocycles. The van der Waals surface area contributed by atoms with Crippen LogP contribution in [0, 0.1) is 0 Å². The number of nitrogens with zero attached hydrogens (tertiary/aromatic N) is 1. The van der Waals surface area contributed by atoms with Gasteiger partial charge < -0.3 is 15.0 Å². The minimum absolute atomic E-state index is 0.163. The Hall–Kier alpha value is -0.680. The largest absolute Gasteiger partial charge is 0.381 e. The molecule has 1 amide bonds. The Balaban J connectivity index is 1.90. The molecule has 1 spiro atoms. The van der Waals surface area contributed by atoms with E-state index in [-0.39, 0.29) is 11.9 Å². The van der Waals surface area contributed by atoms with Crippen molar-refractivity contribution in [1.29, 1.82) is 0 Å². The molecule has 3 heterocycles. The zero-order chi connectivity index (χ0) is 11.2. The number of amides is 1. The number of thiocarbonyl (C=S) groups is 1. The fourth-order valence-corrected chi connectivity index (χ4v) is 3.43. The summed E-state index contributed by atoms with van der Waals surface area (Å²) in [6.45, 7) is 2.17. The molecule has 0 aromatic heterocycles. The molecule has 88 valence electrons. The van der Waals surface area contributed by atoms with Crippen molar-refractivity contribution in [1.82, 2.24) is 10.2 Å². The summed E-state index contributed by atoms with van der Waals surface area (Å²) >= 11 is 5.40. The van der Waals surface area contributed by atoms with Crippen molar-refractivity contribution in [3.63, 3.8) is 0 Å². The van der Waals surface area contributed by atoms with Crippen LogP contribution in [-0.4, -0.2) is 47.1 Å². The monoisotopic (exact) mass is 240 g/mol. The molecule has 5 heteroatoms. The number of ether oxygens (including phenoxy) is 1. The highest BCUT2D eigenvalue weighted by molar-refractivity contribution is 7.80. The van der Waals surface area contributed by atoms with Gasteiger partial charge in [-0.2, -0.15) is 0 Å². The Morgan fingerprint density at radius 2 is 2.19 bits per heavy atom. The van der Waals surface area contributed by atoms with Gasteiger partial charge in [-0.15, -0.1) is 0 Å². The van der Waals surface area contributed by atoms with Crippen molar-refractivity contribution in [2.24, 2.45) is 0 Å². The maximum absolute atomic E-state index is 12.5. The summed E-state index contributed by atoms with van der Waals surface area (Å²) in [6, 6.07) is 0.163. The van der Waals surface area contributed by atoms with Crippen LogP contribution in [0.4, 0.5) is 0 Å². The van der Waals surface area contributed by atoms with Gasteiger partial charge in [0.05, 0.1) is 11.0 Å². The van der Waals surface area contributed by atoms with Gasteiger partial charge >= 0.3 is 0 Å². The van der Waals surface area contributed by atoms with Crippen molar-refractivity contribution < 1.29 is 9.53 Å². The van der Waals surface area contributed by atoms with E-state index in [9.17, 15) is 4.79 Å². The lowest BCUT2D eigenvalue weighted by atomic mass is 9.85. The Kier molecular flexibility index (Phi) is 2.40. The van der Waals surface area contributed by atoms with E-state index >= 15 is 0 Å². The second kappa shape index (κ2) is 3.67. The second-order valence-electron chi connectivity index (χ2n) is 4.84. The van der Waals surface area contributed by atoms with Crippen molar-refractivity contribution in [2.45, 2.75) is 37.3 Å². The third-order valence-electron chi connectivity index (χ3n) is 3.93. The van der Waals surface area contributed by atoms with E-state index in [1.54, 1.807) is 0 Å². The summed E-state index contributed by atoms with van der Waals surface area (Å²) in [5.41, 5.74) is -0.448. The summed E-state index contributed by atoms with van der Waals surface area (Å²) in [6.07, 6.45) is 3.58. The standard InChI is InChI=1S/C11H16N2O2S/c14-10-11(3-6-15-7-4-11)12-9(16)8-2-1-5-13(8)10/h8H,1-7H2,(H,12,16)/t8-/m1/s1. The van der Waals surface area contributed by atoms with E-state index in [0.717, 1.165) is 37.2 Å². The summed E-state index contributed by atoms with van der Waals surface area (Å²) in [5.74, 6) is 0.243. The van der Waals surface area contributed by atoms with Crippen LogP contribution in [0.15, 0.2) is 0 Å². The minimum Gasteiger partial charge on any atom is -0.381 e. The molecular weight excluding hydrogens is 224 g/mol. The molecule has 0 unspecified atom stereocenters. The third kappa shape index (κ3) is 1.38. The summed E-state index contributed by atoms with van der Waals surface area (Å²) in [4.78, 5) is 15.3. The van der Waals surface area contributed by atoms with Gasteiger partial charge in [0.25, 0.3) is 0 Å². The van der Waals surface area contributed by atoms with Gasteiger partial charge in [-0.25, -0.2) is 0 Å². The van der Waals surface area contributed by atoms with Crippen LogP contribution >= 0.6 is 12.2 Å². The first kappa shape index (κ1) is 10.5. The fourth-order valence-electron chi connectivity index (χ4n) is 2.99. The fraction of sp³-hybridized carbons (Fsp3) is 0.818. The van der Waals surface area contributed by atoms with E-state index in [0.29, 0.717) is 13.2 Å². The number of carbonyl (C=O) groups is 1. The number of nitrogens with one attached hydrogen (secondary N) is 1. The molecule has 0 saturated carbocycles. The predicted molar refractivity (Wildman–Crippen MR) is 63.3 cm³/mol. The Labute approximate surface area is 100 Å². The smallest absolute Gasteiger partial charge is 0.249 e. The van der Waals surface area contributed by atoms with E-state index in [2.05, 4.69) is 5.32 Å². The first-order valence-electron chi connectivity index (χ1n) is 5.94. The molecule has 3 aliphatic heterocycles. The molecule has 3 fully saturated rings. The predicted octanol–water partition coefficient (Wildman–Crippen LogP) is 0.457. The van der Waals surface area contributed by atoms with Crippen molar-refractivity contribution in [3.05, 3.63) is 0 Å². The molecule has 1 N–H and O–H groups in total. The lowest BCUT2D eigenvalue weighted by Gasteiger charge is -2.46. The number of piperazine rings is 1. The first-order valence-corrected chi connectivity index (χ1v) is 6.35. The summed E-state index contributed by atoms with van der Waals surface area (Å²) in [5, 5.41) is 3.31. The Morgan fingerprint density at radius 1 is 1.44 bits per heavy atom. The number of rotatable bonds is 0. The van der Waals surface area contributed by atoms with Crippen LogP contribution in [0.1, 0.15) is 25.7 Å². The molecule has 0 aliphatic carbocycles. The SMILES string of the molecule is O=C1N2CCC[C@@H]2C(=S)NC12CCOCC2. The normalized spacial score (nSPS) is 32.8. The maximum atomic E-state index is 12.5. The molecule has 1 atom stereocenters. The van der Waals surface area contributed by atoms with E-state index < -0.39 is 5.54 Å². The molecule has 3 saturated heterocycles. The highest BCUT2D eigenvalue weighted by Gasteiger charge is 2.51. The first-order chi connectivity index (χ1) is 7.73. The van der Waals surface area contributed by atoms with E-state index in [4.69, 9.17) is 17.0 Å². The highest BCUT2D eigenvalue weighted by atomic mass is 32.1. The number of hydrogen-bond acceptors (Lipinski definition) is 3. The lowest BCUT2D eigenvalue weighted by molar-refractivity contribution is -0.143. The minimum atomic E-state index is -0.448. The molecule has 0 aromatic rings. The van der Waals surface area contributed by atoms with Gasteiger partial charge in [0, 0.05) is 32.6 Å². The van der Waals surface area contributed by atoms with Crippen LogP contribution < -0.4 is 5.32 Å². The highest BCUT2D eigenvalue weighted by Crippen LogP contribution is 2.32. The average molecular weight is 240 g/mol. The molecule has 4 nitrogen and oxygen atoms in total. The van der Waals surface area contributed by atoms with Gasteiger partial charge in [0.2, 0.25) is 5.91 Å². The van der Waals surface area contributed by atoms with Crippen LogP contribution in [0.2, 0.25) is 0 Å². The Bertz CT molecular complexity index is 339. The van der Waals surface area contributed by atoms with Gasteiger partial charge in [-0.05, 0) is 12.8 Å². The van der Waals surface area contributed by atoms with Crippen LogP contribution in [0.3, 0.4) is 0 Å². The number of carbonyl (C=O) groups excluding carboxylic acids is 1. The maximum Gasteiger partial charge on any atom is 0.249 e. The second-order valence-corrected chi connectivity index (χ2v) is 5.28. The molecule has 3 rings (SSSR count). The summed E-state index contributed by atoms with van der Waals surface area (Å²) in [7, 11) is 0. The summed E-state index contributed by atoms with van der Waals surface area (Å²) < 4.78 is 5.34. The number of hydrogen-bond donors (Lipinski definition) is 1. The van der Waals surface area contributed by atoms with Gasteiger partial charge in [-0.1, -0.05) is 12.2 Å². The van der Waals surface area contributed by atoms with Crippen molar-refractivity contribution in [3.8, 4) is 0 Å². The molecule has 3 aliphatic rings. The Morgan fingerprint density at radius 3 is 2.94 bits per heavy atom. The molecule has 0 bridgehead atoms. The lowest BCUT2D eigenvalue weighted by Crippen LogP contribution is -2.69. The quantitative estimate of drug-likeness (QED) is 0.625. The average Bonchev–Trinajstić information content (AvgIpc) is 2.77. The van der Waals surface area contributed by atoms with Crippen LogP contribution in [0.25, 0.3) is 0 Å². The van der Waals surface area contributed by atoms with Crippen LogP contribution in [-0.2, 0) is 9.53 Å². The number of fused-ring (bicyclic) bond motifs is 1. The zero-order valence-corrected chi connectivity index (χ0v) is 10.0. The van der Waals surface area contributed by atoms with Crippen LogP contribution in [0.5, 0.6) is 0 Å². The zero-order valence-electron chi connectivity index (χ0n) is 9.20. The van der Waals surface area contributed by atoms with E-state index in [1.807, 2.05) is 4.90 Å². The topological polar surface area (TPSA) is 41.6 Å². The third-order valence-corrected chi connectivity index (χ3v) is 4.31. The van der Waals surface area contributed by atoms with Gasteiger partial charge in [0.15, 0.2) is 0 Å². The molecular formula is C11H16N2O2S. The molecule has 16 heavy (non-hydrogen) atoms. The molecule has 0 radical (unpaired) electrons. The van der Waals surface area contributed by atoms with Crippen molar-refractivity contribution in [2.75, 3.05) is 19.8 Å². The van der Waals surface area contributed by atoms with Gasteiger partial charge in [-0.3, -0.25) is 4.79 Å². The van der Waals surface area contributed by atoms with Gasteiger partial charge in [0.1, 0.15) is 5.54 Å². The van der Waals surface area contributed by atoms with Crippen molar-refractivity contribution >= 4 is 23.1 Å².